The minimum atomic E-state index is -2.90. The van der Waals surface area contributed by atoms with Crippen LogP contribution < -0.4 is 0 Å². The van der Waals surface area contributed by atoms with Crippen LogP contribution in [-0.4, -0.2) is 13.0 Å². The number of carbonyl (C=O) groups excluding carboxylic acids is 1. The molecule has 0 N–H and O–H groups in total. The third-order valence-corrected chi connectivity index (χ3v) is 1.10. The van der Waals surface area contributed by atoms with Gasteiger partial charge in [-0.2, -0.15) is 0 Å². The van der Waals surface area contributed by atoms with E-state index >= 15 is 0 Å². The van der Waals surface area contributed by atoms with Gasteiger partial charge in [0.15, 0.2) is 4.67 Å². The van der Waals surface area contributed by atoms with Gasteiger partial charge in [0.25, 0.3) is 0 Å². The van der Waals surface area contributed by atoms with Crippen LogP contribution in [0, 0.1) is 0 Å². The van der Waals surface area contributed by atoms with Gasteiger partial charge in [-0.1, -0.05) is 0 Å². The lowest BCUT2D eigenvalue weighted by Gasteiger charge is -1.90. The Kier molecular flexibility index (Phi) is 0.888. The van der Waals surface area contributed by atoms with Gasteiger partial charge in [-0.3, -0.25) is 0 Å². The van der Waals surface area contributed by atoms with Gasteiger partial charge in [0.2, 0.25) is 5.76 Å². The van der Waals surface area contributed by atoms with Gasteiger partial charge in [0.1, 0.15) is 0 Å². The Morgan fingerprint density at radius 3 is 3.30 bits per heavy atom. The number of hydrogen-bond donors (Lipinski definition) is 0. The summed E-state index contributed by atoms with van der Waals surface area (Å²) >= 11 is 2.79. The van der Waals surface area contributed by atoms with Crippen LogP contribution in [0.2, 0.25) is 0 Å². The van der Waals surface area contributed by atoms with Gasteiger partial charge in [0, 0.05) is 0 Å². The topological polar surface area (TPSA) is 39.4 Å². The average molecular weight is 210 g/mol. The van der Waals surface area contributed by atoms with Crippen molar-refractivity contribution in [2.45, 2.75) is 0 Å². The molecule has 0 saturated heterocycles. The second kappa shape index (κ2) is 2.88. The van der Waals surface area contributed by atoms with Gasteiger partial charge in [-0.05, 0) is 28.0 Å². The molecule has 0 aliphatic heterocycles. The first kappa shape index (κ1) is 3.09. The first-order chi connectivity index (χ1) is 6.72. The molecule has 0 unspecified atom stereocenters. The Morgan fingerprint density at radius 2 is 2.80 bits per heavy atom. The van der Waals surface area contributed by atoms with Crippen LogP contribution in [0.5, 0.6) is 0 Å². The molecule has 0 aliphatic carbocycles. The van der Waals surface area contributed by atoms with E-state index in [-0.39, 0.29) is 10.7 Å². The first-order valence-corrected chi connectivity index (χ1v) is 3.00. The molecule has 4 heteroatoms. The Bertz CT molecular complexity index is 396. The molecule has 54 valence electrons. The Hall–Kier alpha value is -0.770. The van der Waals surface area contributed by atoms with E-state index in [9.17, 15) is 4.79 Å². The lowest BCUT2D eigenvalue weighted by molar-refractivity contribution is 0.0563. The zero-order chi connectivity index (χ0) is 11.8. The van der Waals surface area contributed by atoms with Crippen molar-refractivity contribution in [2.24, 2.45) is 0 Å². The third-order valence-electron chi connectivity index (χ3n) is 0.744. The summed E-state index contributed by atoms with van der Waals surface area (Å²) < 4.78 is 43.1. The second-order valence-electron chi connectivity index (χ2n) is 1.34. The van der Waals surface area contributed by atoms with Crippen LogP contribution in [0.15, 0.2) is 21.2 Å². The van der Waals surface area contributed by atoms with Crippen LogP contribution in [0.25, 0.3) is 0 Å². The Morgan fingerprint density at radius 1 is 2.00 bits per heavy atom. The van der Waals surface area contributed by atoms with Crippen molar-refractivity contribution < 1.29 is 20.8 Å². The molecule has 1 aromatic heterocycles. The van der Waals surface area contributed by atoms with Crippen molar-refractivity contribution in [3.63, 3.8) is 0 Å². The molecule has 0 bridgehead atoms. The molecule has 1 rings (SSSR count). The van der Waals surface area contributed by atoms with Crippen LogP contribution in [0.3, 0.4) is 0 Å². The molecule has 0 aliphatic rings. The molecule has 0 aromatic carbocycles. The van der Waals surface area contributed by atoms with Gasteiger partial charge in [-0.25, -0.2) is 4.79 Å². The minimum Gasteiger partial charge on any atom is -0.463 e. The lowest BCUT2D eigenvalue weighted by Crippen LogP contribution is -1.97. The summed E-state index contributed by atoms with van der Waals surface area (Å²) in [5.41, 5.74) is 0. The van der Waals surface area contributed by atoms with Crippen molar-refractivity contribution in [3.8, 4) is 0 Å². The van der Waals surface area contributed by atoms with Crippen molar-refractivity contribution >= 4 is 21.9 Å². The normalized spacial score (nSPS) is 17.9. The fraction of sp³-hybridized carbons (Fsp3) is 0.167. The largest absolute Gasteiger partial charge is 0.463 e. The maximum atomic E-state index is 11.1. The molecular weight excluding hydrogens is 200 g/mol. The summed E-state index contributed by atoms with van der Waals surface area (Å²) in [5.74, 6) is -1.90. The van der Waals surface area contributed by atoms with Gasteiger partial charge >= 0.3 is 5.97 Å². The summed E-state index contributed by atoms with van der Waals surface area (Å²) in [4.78, 5) is 11.1. The molecule has 0 fully saturated rings. The highest BCUT2D eigenvalue weighted by molar-refractivity contribution is 9.10. The molecule has 0 radical (unpaired) electrons. The number of ether oxygens (including phenoxy) is 1. The molecular formula is C6H5BrO3. The maximum absolute atomic E-state index is 11.1. The van der Waals surface area contributed by atoms with Crippen molar-refractivity contribution in [3.05, 3.63) is 22.5 Å². The maximum Gasteiger partial charge on any atom is 0.373 e. The number of carbonyl (C=O) groups is 1. The predicted molar refractivity (Wildman–Crippen MR) is 37.7 cm³/mol. The summed E-state index contributed by atoms with van der Waals surface area (Å²) in [7, 11) is -2.90. The van der Waals surface area contributed by atoms with Crippen LogP contribution in [0.1, 0.15) is 17.4 Å². The number of halogens is 1. The fourth-order valence-electron chi connectivity index (χ4n) is 0.386. The standard InChI is InChI=1S/C6H5BrO3/c1-9-6(8)4-2-3-5(7)10-4/h2-3H,1H3/i1D3,2D,3D. The highest BCUT2D eigenvalue weighted by Crippen LogP contribution is 2.14. The molecule has 0 spiro atoms. The zero-order valence-electron chi connectivity index (χ0n) is 9.60. The summed E-state index contributed by atoms with van der Waals surface area (Å²) in [6.07, 6.45) is 0. The Balaban J connectivity index is 2.98. The minimum absolute atomic E-state index is 0.120. The van der Waals surface area contributed by atoms with E-state index in [1.807, 2.05) is 0 Å². The van der Waals surface area contributed by atoms with Crippen LogP contribution in [-0.2, 0) is 4.74 Å². The smallest absolute Gasteiger partial charge is 0.373 e. The number of methoxy groups -OCH3 is 1. The van der Waals surface area contributed by atoms with E-state index in [2.05, 4.69) is 25.1 Å². The number of rotatable bonds is 1. The van der Waals surface area contributed by atoms with Gasteiger partial charge < -0.3 is 9.15 Å². The van der Waals surface area contributed by atoms with Crippen LogP contribution >= 0.6 is 15.9 Å². The molecule has 0 amide bonds. The first-order valence-electron chi connectivity index (χ1n) is 4.71. The van der Waals surface area contributed by atoms with Gasteiger partial charge in [0.05, 0.1) is 13.9 Å². The van der Waals surface area contributed by atoms with E-state index in [4.69, 9.17) is 6.85 Å². The molecule has 3 nitrogen and oxygen atoms in total. The third kappa shape index (κ3) is 1.39. The molecule has 0 atom stereocenters. The Labute approximate surface area is 73.1 Å². The second-order valence-corrected chi connectivity index (χ2v) is 2.06. The van der Waals surface area contributed by atoms with Crippen LogP contribution in [0.4, 0.5) is 0 Å². The van der Waals surface area contributed by atoms with Gasteiger partial charge in [-0.15, -0.1) is 0 Å². The predicted octanol–water partition coefficient (Wildman–Crippen LogP) is 1.83. The molecule has 0 saturated carbocycles. The summed E-state index contributed by atoms with van der Waals surface area (Å²) in [6, 6.07) is -0.858. The van der Waals surface area contributed by atoms with E-state index in [0.29, 0.717) is 0 Å². The monoisotopic (exact) mass is 209 g/mol. The van der Waals surface area contributed by atoms with Crippen molar-refractivity contribution in [1.82, 2.24) is 0 Å². The highest BCUT2D eigenvalue weighted by Gasteiger charge is 2.08. The molecule has 1 aromatic rings. The van der Waals surface area contributed by atoms with Crippen molar-refractivity contribution in [2.75, 3.05) is 7.04 Å². The highest BCUT2D eigenvalue weighted by atomic mass is 79.9. The van der Waals surface area contributed by atoms with E-state index in [0.717, 1.165) is 0 Å². The van der Waals surface area contributed by atoms with E-state index in [1.54, 1.807) is 0 Å². The fourth-order valence-corrected chi connectivity index (χ4v) is 0.647. The van der Waals surface area contributed by atoms with E-state index in [1.165, 1.54) is 0 Å². The number of furan rings is 1. The summed E-state index contributed by atoms with van der Waals surface area (Å²) in [6.45, 7) is 0. The number of hydrogen-bond acceptors (Lipinski definition) is 3. The number of esters is 1. The lowest BCUT2D eigenvalue weighted by atomic mass is 10.5. The zero-order valence-corrected chi connectivity index (χ0v) is 6.19. The molecule has 10 heavy (non-hydrogen) atoms. The molecule has 1 heterocycles. The summed E-state index contributed by atoms with van der Waals surface area (Å²) in [5, 5.41) is 0. The van der Waals surface area contributed by atoms with Crippen molar-refractivity contribution in [1.29, 1.82) is 0 Å². The SMILES string of the molecule is [2H]c1c(Br)oc(C(=O)OC([2H])([2H])[2H])c1[2H]. The van der Waals surface area contributed by atoms with E-state index < -0.39 is 24.8 Å². The quantitative estimate of drug-likeness (QED) is 0.663. The average Bonchev–Trinajstić information content (AvgIpc) is 2.30.